The first-order chi connectivity index (χ1) is 18.1. The fourth-order valence-corrected chi connectivity index (χ4v) is 5.36. The van der Waals surface area contributed by atoms with Crippen LogP contribution in [0.4, 0.5) is 14.5 Å². The van der Waals surface area contributed by atoms with E-state index in [1.165, 1.54) is 22.9 Å². The van der Waals surface area contributed by atoms with Crippen molar-refractivity contribution in [3.8, 4) is 0 Å². The van der Waals surface area contributed by atoms with E-state index in [2.05, 4.69) is 41.1 Å². The van der Waals surface area contributed by atoms with E-state index in [9.17, 15) is 18.4 Å². The Morgan fingerprint density at radius 2 is 2.00 bits per heavy atom. The van der Waals surface area contributed by atoms with Crippen LogP contribution in [0.2, 0.25) is 0 Å². The number of rotatable bonds is 6. The number of amides is 1. The summed E-state index contributed by atoms with van der Waals surface area (Å²) in [5.74, 6) is -1.29. The predicted molar refractivity (Wildman–Crippen MR) is 147 cm³/mol. The number of halogens is 2. The van der Waals surface area contributed by atoms with Crippen LogP contribution in [0.15, 0.2) is 53.6 Å². The summed E-state index contributed by atoms with van der Waals surface area (Å²) < 4.78 is 29.1. The van der Waals surface area contributed by atoms with Crippen LogP contribution in [0.5, 0.6) is 0 Å². The zero-order valence-corrected chi connectivity index (χ0v) is 21.8. The summed E-state index contributed by atoms with van der Waals surface area (Å²) in [6.07, 6.45) is 3.54. The number of nitrogens with zero attached hydrogens (tertiary/aromatic N) is 5. The van der Waals surface area contributed by atoms with Gasteiger partial charge in [-0.15, -0.1) is 0 Å². The van der Waals surface area contributed by atoms with Crippen LogP contribution in [0, 0.1) is 11.6 Å². The number of fused-ring (bicyclic) bond motifs is 1. The molecule has 1 saturated heterocycles. The van der Waals surface area contributed by atoms with Gasteiger partial charge in [-0.3, -0.25) is 19.5 Å². The molecular formula is C29H36F2N6O2. The number of nitrogens with one attached hydrogen (secondary N) is 1. The Bertz CT molecular complexity index is 1410. The van der Waals surface area contributed by atoms with Crippen LogP contribution >= 0.6 is 0 Å². The molecule has 0 spiro atoms. The van der Waals surface area contributed by atoms with E-state index in [0.29, 0.717) is 37.4 Å². The Hall–Kier alpha value is -3.50. The number of carbonyl (C=O) groups is 1. The highest BCUT2D eigenvalue weighted by Crippen LogP contribution is 2.40. The highest BCUT2D eigenvalue weighted by Gasteiger charge is 2.40. The Kier molecular flexibility index (Phi) is 8.27. The summed E-state index contributed by atoms with van der Waals surface area (Å²) in [4.78, 5) is 34.4. The fraction of sp³-hybridized carbons (Fsp3) is 0.448. The molecule has 8 nitrogen and oxygen atoms in total. The van der Waals surface area contributed by atoms with E-state index in [0.717, 1.165) is 17.3 Å². The third kappa shape index (κ3) is 6.07. The zero-order valence-electron chi connectivity index (χ0n) is 21.8. The molecule has 2 aromatic heterocycles. The van der Waals surface area contributed by atoms with Crippen LogP contribution in [-0.2, 0) is 23.2 Å². The van der Waals surface area contributed by atoms with Crippen LogP contribution < -0.4 is 15.8 Å². The van der Waals surface area contributed by atoms with E-state index < -0.39 is 11.6 Å². The summed E-state index contributed by atoms with van der Waals surface area (Å²) in [7, 11) is 0. The molecule has 5 rings (SSSR count). The van der Waals surface area contributed by atoms with Gasteiger partial charge in [-0.25, -0.2) is 13.5 Å². The van der Waals surface area contributed by atoms with Crippen molar-refractivity contribution in [3.63, 3.8) is 0 Å². The van der Waals surface area contributed by atoms with E-state index in [1.54, 1.807) is 23.4 Å². The van der Waals surface area contributed by atoms with E-state index in [-0.39, 0.29) is 49.4 Å². The van der Waals surface area contributed by atoms with Gasteiger partial charge in [-0.1, -0.05) is 27.3 Å². The van der Waals surface area contributed by atoms with Gasteiger partial charge < -0.3 is 10.2 Å². The molecule has 1 amide bonds. The van der Waals surface area contributed by atoms with Gasteiger partial charge >= 0.3 is 0 Å². The van der Waals surface area contributed by atoms with Crippen molar-refractivity contribution in [3.05, 3.63) is 87.6 Å². The van der Waals surface area contributed by atoms with Crippen LogP contribution in [-0.4, -0.2) is 63.8 Å². The maximum absolute atomic E-state index is 14.3. The lowest BCUT2D eigenvalue weighted by atomic mass is 9.88. The van der Waals surface area contributed by atoms with Gasteiger partial charge in [0.05, 0.1) is 18.8 Å². The smallest absolute Gasteiger partial charge is 0.266 e. The van der Waals surface area contributed by atoms with Gasteiger partial charge in [0.15, 0.2) is 0 Å². The molecule has 2 aliphatic rings. The molecular weight excluding hydrogens is 502 g/mol. The number of anilines is 1. The summed E-state index contributed by atoms with van der Waals surface area (Å²) in [6.45, 7) is 8.59. The van der Waals surface area contributed by atoms with E-state index in [1.807, 2.05) is 6.07 Å². The molecule has 1 N–H and O–H groups in total. The Morgan fingerprint density at radius 1 is 1.21 bits per heavy atom. The lowest BCUT2D eigenvalue weighted by molar-refractivity contribution is -0.120. The van der Waals surface area contributed by atoms with Crippen molar-refractivity contribution >= 4 is 11.6 Å². The molecule has 0 unspecified atom stereocenters. The molecule has 1 fully saturated rings. The molecule has 208 valence electrons. The minimum Gasteiger partial charge on any atom is -0.311 e. The zero-order chi connectivity index (χ0) is 27.0. The summed E-state index contributed by atoms with van der Waals surface area (Å²) in [5.41, 5.74) is 2.21. The van der Waals surface area contributed by atoms with E-state index in [4.69, 9.17) is 0 Å². The molecule has 0 aliphatic carbocycles. The first kappa shape index (κ1) is 28.5. The minimum absolute atomic E-state index is 0. The SMILES string of the molecule is C.C[C@@H]1CN(CC(=O)N2CC(C)(C)c3cnc(Cc4ccc(F)cc4F)cc32)[C@@H](Cn2ncccc2=O)CN1. The van der Waals surface area contributed by atoms with Crippen LogP contribution in [0.1, 0.15) is 45.0 Å². The highest BCUT2D eigenvalue weighted by atomic mass is 19.1. The number of pyridine rings is 1. The number of piperazine rings is 1. The maximum Gasteiger partial charge on any atom is 0.266 e. The molecule has 1 aromatic carbocycles. The van der Waals surface area contributed by atoms with Crippen molar-refractivity contribution in [1.82, 2.24) is 25.0 Å². The van der Waals surface area contributed by atoms with Crippen molar-refractivity contribution < 1.29 is 13.6 Å². The summed E-state index contributed by atoms with van der Waals surface area (Å²) in [5, 5.41) is 7.63. The van der Waals surface area contributed by atoms with Gasteiger partial charge in [0, 0.05) is 79.3 Å². The fourth-order valence-electron chi connectivity index (χ4n) is 5.36. The Labute approximate surface area is 227 Å². The van der Waals surface area contributed by atoms with Gasteiger partial charge in [0.1, 0.15) is 11.6 Å². The first-order valence-corrected chi connectivity index (χ1v) is 12.8. The lowest BCUT2D eigenvalue weighted by Gasteiger charge is -2.39. The van der Waals surface area contributed by atoms with Gasteiger partial charge in [0.2, 0.25) is 5.91 Å². The topological polar surface area (TPSA) is 83.4 Å². The molecule has 0 radical (unpaired) electrons. The first-order valence-electron chi connectivity index (χ1n) is 12.8. The lowest BCUT2D eigenvalue weighted by Crippen LogP contribution is -2.59. The van der Waals surface area contributed by atoms with Crippen LogP contribution in [0.3, 0.4) is 0 Å². The molecule has 0 saturated carbocycles. The molecule has 2 atom stereocenters. The summed E-state index contributed by atoms with van der Waals surface area (Å²) >= 11 is 0. The Morgan fingerprint density at radius 3 is 2.74 bits per heavy atom. The van der Waals surface area contributed by atoms with Gasteiger partial charge in [-0.05, 0) is 30.7 Å². The number of carbonyl (C=O) groups excluding carboxylic acids is 1. The maximum atomic E-state index is 14.3. The van der Waals surface area contributed by atoms with Crippen molar-refractivity contribution in [2.45, 2.75) is 58.7 Å². The number of aromatic nitrogens is 3. The average molecular weight is 539 g/mol. The number of hydrogen-bond donors (Lipinski definition) is 1. The highest BCUT2D eigenvalue weighted by molar-refractivity contribution is 5.97. The standard InChI is InChI=1S/C28H32F2N6O2.CH4/c1-18-14-34(22(12-31-18)15-36-26(37)5-4-8-33-36)16-27(38)35-17-28(2,3)23-13-32-21(11-25(23)35)9-19-6-7-20(29)10-24(19)30;/h4-8,10-11,13,18,22,31H,9,12,14-17H2,1-3H3;1H4/t18-,22-;/m1./s1. The molecule has 4 heterocycles. The second-order valence-electron chi connectivity index (χ2n) is 10.9. The molecule has 2 aliphatic heterocycles. The molecule has 0 bridgehead atoms. The number of hydrogen-bond acceptors (Lipinski definition) is 6. The van der Waals surface area contributed by atoms with Crippen molar-refractivity contribution in [2.24, 2.45) is 0 Å². The third-order valence-corrected chi connectivity index (χ3v) is 7.43. The average Bonchev–Trinajstić information content (AvgIpc) is 3.14. The second kappa shape index (κ2) is 11.3. The Balaban J connectivity index is 0.00000353. The normalized spacial score (nSPS) is 20.4. The van der Waals surface area contributed by atoms with Crippen molar-refractivity contribution in [1.29, 1.82) is 0 Å². The van der Waals surface area contributed by atoms with Gasteiger partial charge in [-0.2, -0.15) is 5.10 Å². The monoisotopic (exact) mass is 538 g/mol. The van der Waals surface area contributed by atoms with E-state index >= 15 is 0 Å². The van der Waals surface area contributed by atoms with Crippen LogP contribution in [0.25, 0.3) is 0 Å². The third-order valence-electron chi connectivity index (χ3n) is 7.43. The minimum atomic E-state index is -0.625. The quantitative estimate of drug-likeness (QED) is 0.519. The summed E-state index contributed by atoms with van der Waals surface area (Å²) in [6, 6.07) is 8.58. The van der Waals surface area contributed by atoms with Crippen molar-refractivity contribution in [2.75, 3.05) is 31.1 Å². The van der Waals surface area contributed by atoms with Gasteiger partial charge in [0.25, 0.3) is 5.56 Å². The molecule has 3 aromatic rings. The molecule has 39 heavy (non-hydrogen) atoms. The molecule has 10 heteroatoms. The number of benzene rings is 1. The largest absolute Gasteiger partial charge is 0.311 e. The second-order valence-corrected chi connectivity index (χ2v) is 10.9. The predicted octanol–water partition coefficient (Wildman–Crippen LogP) is 3.13.